The lowest BCUT2D eigenvalue weighted by Gasteiger charge is -2.26. The molecule has 1 saturated heterocycles. The molecule has 0 atom stereocenters. The predicted molar refractivity (Wildman–Crippen MR) is 303 cm³/mol. The second kappa shape index (κ2) is 21.9. The predicted octanol–water partition coefficient (Wildman–Crippen LogP) is 16.0. The van der Waals surface area contributed by atoms with Crippen molar-refractivity contribution in [2.75, 3.05) is 4.90 Å². The molecule has 2 N–H and O–H groups in total. The first kappa shape index (κ1) is 45.6. The molecule has 71 heavy (non-hydrogen) atoms. The van der Waals surface area contributed by atoms with Crippen LogP contribution in [0.2, 0.25) is 0 Å². The van der Waals surface area contributed by atoms with Gasteiger partial charge in [-0.05, 0) is 139 Å². The molecule has 9 aromatic rings. The number of nitrogens with zero attached hydrogens (tertiary/aromatic N) is 1. The van der Waals surface area contributed by atoms with E-state index in [4.69, 9.17) is 12.2 Å². The second-order valence-corrected chi connectivity index (χ2v) is 17.6. The Morgan fingerprint density at radius 3 is 0.915 bits per heavy atom. The number of rotatable bonds is 14. The van der Waals surface area contributed by atoms with Gasteiger partial charge in [-0.25, -0.2) is 0 Å². The number of thiocarbonyl (C=S) groups is 1. The molecular weight excluding hydrogens is 883 g/mol. The van der Waals surface area contributed by atoms with Crippen LogP contribution in [0.5, 0.6) is 0 Å². The largest absolute Gasteiger partial charge is 0.328 e. The van der Waals surface area contributed by atoms with Crippen molar-refractivity contribution in [3.05, 3.63) is 310 Å². The fraction of sp³-hybridized carbons (Fsp3) is 0. The number of amides is 1. The molecule has 1 aliphatic heterocycles. The lowest BCUT2D eigenvalue weighted by Crippen LogP contribution is -2.21. The number of hydrogen-bond acceptors (Lipinski definition) is 3. The highest BCUT2D eigenvalue weighted by Crippen LogP contribution is 2.37. The molecule has 1 amide bonds. The van der Waals surface area contributed by atoms with E-state index >= 15 is 0 Å². The highest BCUT2D eigenvalue weighted by Gasteiger charge is 2.20. The summed E-state index contributed by atoms with van der Waals surface area (Å²) in [5.74, 6) is -0.217. The molecule has 1 aliphatic rings. The van der Waals surface area contributed by atoms with Gasteiger partial charge in [0.05, 0.1) is 0 Å². The first-order valence-corrected chi connectivity index (χ1v) is 24.0. The van der Waals surface area contributed by atoms with Crippen LogP contribution in [0.1, 0.15) is 61.2 Å². The molecule has 9 aromatic carbocycles. The van der Waals surface area contributed by atoms with Crippen molar-refractivity contribution in [1.29, 1.82) is 0 Å². The van der Waals surface area contributed by atoms with Crippen LogP contribution in [-0.4, -0.2) is 11.0 Å². The van der Waals surface area contributed by atoms with Crippen LogP contribution in [0.3, 0.4) is 0 Å². The molecule has 0 aromatic heterocycles. The average molecular weight is 932 g/mol. The molecule has 0 unspecified atom stereocenters. The van der Waals surface area contributed by atoms with Gasteiger partial charge in [0.25, 0.3) is 5.91 Å². The minimum atomic E-state index is -0.217. The molecule has 10 rings (SSSR count). The molecule has 0 spiro atoms. The van der Waals surface area contributed by atoms with Crippen LogP contribution in [0, 0.1) is 0 Å². The molecule has 0 bridgehead atoms. The summed E-state index contributed by atoms with van der Waals surface area (Å²) in [6.45, 7) is 0. The van der Waals surface area contributed by atoms with E-state index in [-0.39, 0.29) is 5.91 Å². The van der Waals surface area contributed by atoms with Crippen LogP contribution >= 0.6 is 12.2 Å². The summed E-state index contributed by atoms with van der Waals surface area (Å²) in [6, 6.07) is 85.3. The van der Waals surface area contributed by atoms with Gasteiger partial charge in [0.15, 0.2) is 5.11 Å². The highest BCUT2D eigenvalue weighted by atomic mass is 32.1. The molecule has 1 heterocycles. The van der Waals surface area contributed by atoms with Gasteiger partial charge >= 0.3 is 0 Å². The van der Waals surface area contributed by atoms with Crippen LogP contribution in [-0.2, 0) is 4.79 Å². The number of nitrogens with one attached hydrogen (secondary N) is 2. The summed E-state index contributed by atoms with van der Waals surface area (Å²) < 4.78 is 0. The quantitative estimate of drug-likeness (QED) is 0.0648. The molecule has 0 aliphatic carbocycles. The molecular formula is C66H49N3OS. The molecule has 340 valence electrons. The summed E-state index contributed by atoms with van der Waals surface area (Å²) >= 11 is 5.03. The van der Waals surface area contributed by atoms with E-state index in [2.05, 4.69) is 270 Å². The minimum Gasteiger partial charge on any atom is -0.328 e. The number of hydrogen-bond donors (Lipinski definition) is 2. The van der Waals surface area contributed by atoms with Crippen molar-refractivity contribution >= 4 is 94.0 Å². The van der Waals surface area contributed by atoms with E-state index in [0.29, 0.717) is 10.8 Å². The van der Waals surface area contributed by atoms with Crippen molar-refractivity contribution in [2.45, 2.75) is 0 Å². The van der Waals surface area contributed by atoms with Gasteiger partial charge in [-0.2, -0.15) is 0 Å². The Hall–Kier alpha value is -9.16. The summed E-state index contributed by atoms with van der Waals surface area (Å²) in [7, 11) is 0. The van der Waals surface area contributed by atoms with Crippen LogP contribution < -0.4 is 15.5 Å². The number of carbonyl (C=O) groups is 1. The fourth-order valence-corrected chi connectivity index (χ4v) is 8.75. The van der Waals surface area contributed by atoms with Crippen molar-refractivity contribution in [3.8, 4) is 0 Å². The Morgan fingerprint density at radius 2 is 0.620 bits per heavy atom. The number of carbonyl (C=O) groups excluding carboxylic acids is 1. The summed E-state index contributed by atoms with van der Waals surface area (Å²) in [6.07, 6.45) is 14.8. The third-order valence-corrected chi connectivity index (χ3v) is 12.5. The maximum Gasteiger partial charge on any atom is 0.273 e. The Bertz CT molecular complexity index is 3200. The summed E-state index contributed by atoms with van der Waals surface area (Å²) in [5.41, 5.74) is 18.2. The minimum absolute atomic E-state index is 0.217. The second-order valence-electron chi connectivity index (χ2n) is 17.2. The summed E-state index contributed by atoms with van der Waals surface area (Å²) in [4.78, 5) is 14.3. The van der Waals surface area contributed by atoms with Gasteiger partial charge in [-0.1, -0.05) is 231 Å². The fourth-order valence-electron chi connectivity index (χ4n) is 8.55. The Balaban J connectivity index is 0.898. The molecule has 0 saturated carbocycles. The molecule has 0 radical (unpaired) electrons. The van der Waals surface area contributed by atoms with E-state index in [0.717, 1.165) is 56.0 Å². The molecule has 1 fully saturated rings. The monoisotopic (exact) mass is 931 g/mol. The van der Waals surface area contributed by atoms with E-state index < -0.39 is 0 Å². The lowest BCUT2D eigenvalue weighted by molar-refractivity contribution is -0.115. The molecule has 5 heteroatoms. The van der Waals surface area contributed by atoms with E-state index in [1.54, 1.807) is 6.08 Å². The smallest absolute Gasteiger partial charge is 0.273 e. The van der Waals surface area contributed by atoms with Gasteiger partial charge < -0.3 is 10.2 Å². The number of anilines is 3. The van der Waals surface area contributed by atoms with Gasteiger partial charge in [0.2, 0.25) is 0 Å². The Morgan fingerprint density at radius 1 is 0.338 bits per heavy atom. The molecule has 4 nitrogen and oxygen atoms in total. The van der Waals surface area contributed by atoms with Crippen LogP contribution in [0.15, 0.2) is 248 Å². The van der Waals surface area contributed by atoms with E-state index in [1.165, 1.54) is 33.4 Å². The van der Waals surface area contributed by atoms with Crippen molar-refractivity contribution in [2.24, 2.45) is 0 Å². The number of benzene rings is 9. The van der Waals surface area contributed by atoms with Crippen molar-refractivity contribution in [1.82, 2.24) is 10.6 Å². The van der Waals surface area contributed by atoms with Crippen molar-refractivity contribution in [3.63, 3.8) is 0 Å². The third-order valence-electron chi connectivity index (χ3n) is 12.3. The Labute approximate surface area is 421 Å². The standard InChI is InChI=1S/C66H49N3OS/c70-65-64(67-66(71)68-65)47-54-31-29-50(30-32-54)26-25-48-21-23-49(24-22-48)27-28-51-33-39-59(40-34-51)69(60-41-35-52(36-42-60)45-62(55-13-5-1-6-14-55)56-15-7-2-8-16-56)61-43-37-53(38-44-61)46-63(57-17-9-3-10-18-57)58-19-11-4-12-20-58/h1-47H,(H2,67,68,70,71)/b26-25+,28-27+,64-47-. The zero-order valence-corrected chi connectivity index (χ0v) is 39.7. The van der Waals surface area contributed by atoms with Gasteiger partial charge in [0, 0.05) is 17.1 Å². The maximum atomic E-state index is 12.0. The summed E-state index contributed by atoms with van der Waals surface area (Å²) in [5, 5.41) is 5.80. The van der Waals surface area contributed by atoms with E-state index in [9.17, 15) is 4.79 Å². The normalized spacial score (nSPS) is 12.7. The zero-order chi connectivity index (χ0) is 48.2. The van der Waals surface area contributed by atoms with Gasteiger partial charge in [0.1, 0.15) is 5.70 Å². The lowest BCUT2D eigenvalue weighted by atomic mass is 9.95. The van der Waals surface area contributed by atoms with Crippen LogP contribution in [0.4, 0.5) is 17.1 Å². The average Bonchev–Trinajstić information content (AvgIpc) is 3.75. The first-order valence-electron chi connectivity index (χ1n) is 23.6. The Kier molecular flexibility index (Phi) is 14.0. The third kappa shape index (κ3) is 11.6. The van der Waals surface area contributed by atoms with Crippen molar-refractivity contribution < 1.29 is 4.79 Å². The van der Waals surface area contributed by atoms with Gasteiger partial charge in [-0.3, -0.25) is 10.1 Å². The topological polar surface area (TPSA) is 44.4 Å². The first-order chi connectivity index (χ1) is 35.0. The van der Waals surface area contributed by atoms with Crippen LogP contribution in [0.25, 0.3) is 53.7 Å². The zero-order valence-electron chi connectivity index (χ0n) is 38.9. The van der Waals surface area contributed by atoms with Gasteiger partial charge in [-0.15, -0.1) is 0 Å². The SMILES string of the molecule is O=C1NC(=S)N/C1=C\c1ccc(/C=C/c2ccc(/C=C/c3ccc(N(c4ccc(C=C(c5ccccc5)c5ccccc5)cc4)c4ccc(C=C(c5ccccc5)c5ccccc5)cc4)cc3)cc2)cc1. The maximum absolute atomic E-state index is 12.0. The highest BCUT2D eigenvalue weighted by molar-refractivity contribution is 7.80. The van der Waals surface area contributed by atoms with E-state index in [1.807, 2.05) is 24.3 Å².